The zero-order chi connectivity index (χ0) is 19.8. The second kappa shape index (κ2) is 7.17. The molecule has 0 N–H and O–H groups in total. The molecule has 2 amide bonds. The average molecular weight is 375 g/mol. The minimum atomic E-state index is -0.584. The maximum absolute atomic E-state index is 12.8. The van der Waals surface area contributed by atoms with Crippen molar-refractivity contribution < 1.29 is 19.2 Å². The smallest absolute Gasteiger partial charge is 0.410 e. The van der Waals surface area contributed by atoms with Crippen LogP contribution in [0.3, 0.4) is 0 Å². The van der Waals surface area contributed by atoms with Crippen LogP contribution in [0, 0.1) is 10.1 Å². The Balaban J connectivity index is 1.76. The molecule has 2 heterocycles. The topological polar surface area (TPSA) is 93.0 Å². The van der Waals surface area contributed by atoms with E-state index in [0.717, 1.165) is 19.3 Å². The molecule has 146 valence electrons. The fraction of sp³-hybridized carbons (Fsp3) is 0.579. The van der Waals surface area contributed by atoms with Gasteiger partial charge < -0.3 is 14.5 Å². The summed E-state index contributed by atoms with van der Waals surface area (Å²) in [6.07, 6.45) is 2.28. The quantitative estimate of drug-likeness (QED) is 0.597. The van der Waals surface area contributed by atoms with Crippen molar-refractivity contribution in [2.45, 2.75) is 58.2 Å². The molecule has 3 rings (SSSR count). The van der Waals surface area contributed by atoms with Gasteiger partial charge in [0.2, 0.25) is 0 Å². The number of carbonyl (C=O) groups excluding carboxylic acids is 2. The number of nitrogens with zero attached hydrogens (tertiary/aromatic N) is 3. The fourth-order valence-electron chi connectivity index (χ4n) is 3.71. The normalized spacial score (nSPS) is 19.8. The summed E-state index contributed by atoms with van der Waals surface area (Å²) >= 11 is 0. The molecule has 1 aromatic rings. The van der Waals surface area contributed by atoms with Gasteiger partial charge in [-0.15, -0.1) is 0 Å². The molecule has 27 heavy (non-hydrogen) atoms. The number of benzene rings is 1. The van der Waals surface area contributed by atoms with E-state index in [1.54, 1.807) is 21.9 Å². The number of piperidine rings is 1. The van der Waals surface area contributed by atoms with Gasteiger partial charge in [0.25, 0.3) is 11.6 Å². The molecule has 0 aromatic heterocycles. The number of likely N-dealkylation sites (tertiary alicyclic amines) is 1. The van der Waals surface area contributed by atoms with Gasteiger partial charge in [-0.2, -0.15) is 0 Å². The summed E-state index contributed by atoms with van der Waals surface area (Å²) in [6.45, 7) is 6.74. The van der Waals surface area contributed by atoms with Gasteiger partial charge in [-0.3, -0.25) is 14.9 Å². The lowest BCUT2D eigenvalue weighted by atomic mass is 10.0. The Bertz CT molecular complexity index is 771. The van der Waals surface area contributed by atoms with Crippen molar-refractivity contribution in [1.29, 1.82) is 0 Å². The molecule has 0 radical (unpaired) electrons. The summed E-state index contributed by atoms with van der Waals surface area (Å²) in [5.74, 6) is -0.341. The molecule has 8 nitrogen and oxygen atoms in total. The van der Waals surface area contributed by atoms with Crippen molar-refractivity contribution in [2.24, 2.45) is 0 Å². The van der Waals surface area contributed by atoms with E-state index in [-0.39, 0.29) is 29.3 Å². The first-order valence-electron chi connectivity index (χ1n) is 9.22. The van der Waals surface area contributed by atoms with Crippen molar-refractivity contribution in [3.8, 4) is 0 Å². The van der Waals surface area contributed by atoms with Crippen LogP contribution in [0.2, 0.25) is 0 Å². The van der Waals surface area contributed by atoms with Gasteiger partial charge in [-0.05, 0) is 45.6 Å². The monoisotopic (exact) mass is 375 g/mol. The number of ether oxygens (including phenoxy) is 1. The molecule has 2 aliphatic heterocycles. The first kappa shape index (κ1) is 19.1. The third kappa shape index (κ3) is 4.04. The van der Waals surface area contributed by atoms with Crippen molar-refractivity contribution in [1.82, 2.24) is 9.80 Å². The Morgan fingerprint density at radius 2 is 2.07 bits per heavy atom. The SMILES string of the molecule is CC(C)(C)OC(=O)N1CCCCC1CN1Cc2cccc([N+](=O)[O-])c2C1=O. The summed E-state index contributed by atoms with van der Waals surface area (Å²) in [5, 5.41) is 11.2. The molecular weight excluding hydrogens is 350 g/mol. The molecule has 1 unspecified atom stereocenters. The zero-order valence-corrected chi connectivity index (χ0v) is 15.9. The lowest BCUT2D eigenvalue weighted by molar-refractivity contribution is -0.385. The highest BCUT2D eigenvalue weighted by molar-refractivity contribution is 6.02. The van der Waals surface area contributed by atoms with Crippen molar-refractivity contribution in [3.63, 3.8) is 0 Å². The fourth-order valence-corrected chi connectivity index (χ4v) is 3.71. The minimum Gasteiger partial charge on any atom is -0.444 e. The highest BCUT2D eigenvalue weighted by atomic mass is 16.6. The van der Waals surface area contributed by atoms with Gasteiger partial charge in [0, 0.05) is 25.7 Å². The molecule has 1 aromatic carbocycles. The number of rotatable bonds is 3. The number of carbonyl (C=O) groups is 2. The Hall–Kier alpha value is -2.64. The van der Waals surface area contributed by atoms with Crippen LogP contribution in [0.5, 0.6) is 0 Å². The number of hydrogen-bond acceptors (Lipinski definition) is 5. The summed E-state index contributed by atoms with van der Waals surface area (Å²) < 4.78 is 5.51. The molecule has 1 atom stereocenters. The number of nitro groups is 1. The summed E-state index contributed by atoms with van der Waals surface area (Å²) in [7, 11) is 0. The largest absolute Gasteiger partial charge is 0.444 e. The van der Waals surface area contributed by atoms with Gasteiger partial charge >= 0.3 is 6.09 Å². The van der Waals surface area contributed by atoms with E-state index >= 15 is 0 Å². The van der Waals surface area contributed by atoms with Gasteiger partial charge in [0.15, 0.2) is 0 Å². The van der Waals surface area contributed by atoms with Crippen LogP contribution >= 0.6 is 0 Å². The van der Waals surface area contributed by atoms with Gasteiger partial charge in [-0.1, -0.05) is 12.1 Å². The van der Waals surface area contributed by atoms with Crippen LogP contribution in [0.15, 0.2) is 18.2 Å². The number of fused-ring (bicyclic) bond motifs is 1. The van der Waals surface area contributed by atoms with Crippen molar-refractivity contribution in [2.75, 3.05) is 13.1 Å². The maximum atomic E-state index is 12.8. The Morgan fingerprint density at radius 3 is 2.74 bits per heavy atom. The van der Waals surface area contributed by atoms with Crippen LogP contribution in [-0.4, -0.2) is 51.5 Å². The number of hydrogen-bond donors (Lipinski definition) is 0. The van der Waals surface area contributed by atoms with E-state index < -0.39 is 10.5 Å². The van der Waals surface area contributed by atoms with E-state index in [9.17, 15) is 19.7 Å². The van der Waals surface area contributed by atoms with Crippen LogP contribution < -0.4 is 0 Å². The predicted molar refractivity (Wildman–Crippen MR) is 98.4 cm³/mol. The van der Waals surface area contributed by atoms with Crippen LogP contribution in [0.25, 0.3) is 0 Å². The Kier molecular flexibility index (Phi) is 5.08. The number of amides is 2. The average Bonchev–Trinajstić information content (AvgIpc) is 2.90. The highest BCUT2D eigenvalue weighted by Crippen LogP contribution is 2.32. The lowest BCUT2D eigenvalue weighted by Crippen LogP contribution is -2.50. The molecule has 1 saturated heterocycles. The van der Waals surface area contributed by atoms with Crippen LogP contribution in [0.4, 0.5) is 10.5 Å². The minimum absolute atomic E-state index is 0.147. The predicted octanol–water partition coefficient (Wildman–Crippen LogP) is 3.34. The summed E-state index contributed by atoms with van der Waals surface area (Å²) in [5.41, 5.74) is 0.0861. The second-order valence-corrected chi connectivity index (χ2v) is 8.08. The van der Waals surface area contributed by atoms with Gasteiger partial charge in [0.1, 0.15) is 11.2 Å². The zero-order valence-electron chi connectivity index (χ0n) is 15.9. The van der Waals surface area contributed by atoms with Crippen LogP contribution in [-0.2, 0) is 11.3 Å². The Morgan fingerprint density at radius 1 is 1.33 bits per heavy atom. The van der Waals surface area contributed by atoms with E-state index in [1.165, 1.54) is 6.07 Å². The second-order valence-electron chi connectivity index (χ2n) is 8.08. The third-order valence-corrected chi connectivity index (χ3v) is 4.87. The standard InChI is InChI=1S/C19H25N3O5/c1-19(2,3)27-18(24)21-10-5-4-8-14(21)12-20-11-13-7-6-9-15(22(25)26)16(13)17(20)23/h6-7,9,14H,4-5,8,10-12H2,1-3H3. The Labute approximate surface area is 158 Å². The summed E-state index contributed by atoms with van der Waals surface area (Å²) in [6, 6.07) is 4.55. The first-order valence-corrected chi connectivity index (χ1v) is 9.22. The molecule has 1 fully saturated rings. The molecular formula is C19H25N3O5. The number of nitro benzene ring substituents is 1. The third-order valence-electron chi connectivity index (χ3n) is 4.87. The van der Waals surface area contributed by atoms with E-state index in [0.29, 0.717) is 25.2 Å². The van der Waals surface area contributed by atoms with Crippen LogP contribution in [0.1, 0.15) is 56.0 Å². The molecule has 0 spiro atoms. The lowest BCUT2D eigenvalue weighted by Gasteiger charge is -2.38. The molecule has 0 bridgehead atoms. The molecule has 2 aliphatic rings. The highest BCUT2D eigenvalue weighted by Gasteiger charge is 2.38. The van der Waals surface area contributed by atoms with Crippen molar-refractivity contribution >= 4 is 17.7 Å². The first-order chi connectivity index (χ1) is 12.7. The van der Waals surface area contributed by atoms with E-state index in [2.05, 4.69) is 0 Å². The maximum Gasteiger partial charge on any atom is 0.410 e. The molecule has 0 aliphatic carbocycles. The summed E-state index contributed by atoms with van der Waals surface area (Å²) in [4.78, 5) is 39.4. The van der Waals surface area contributed by atoms with Gasteiger partial charge in [-0.25, -0.2) is 4.79 Å². The molecule has 8 heteroatoms. The van der Waals surface area contributed by atoms with Crippen molar-refractivity contribution in [3.05, 3.63) is 39.4 Å². The van der Waals surface area contributed by atoms with E-state index in [1.807, 2.05) is 20.8 Å². The molecule has 0 saturated carbocycles. The van der Waals surface area contributed by atoms with Gasteiger partial charge in [0.05, 0.1) is 11.0 Å². The van der Waals surface area contributed by atoms with E-state index in [4.69, 9.17) is 4.74 Å².